The van der Waals surface area contributed by atoms with E-state index in [0.717, 1.165) is 19.4 Å². The first-order chi connectivity index (χ1) is 10.3. The zero-order valence-corrected chi connectivity index (χ0v) is 15.4. The number of carbonyl (C=O) groups is 1. The molecule has 0 saturated heterocycles. The fraction of sp³-hybridized carbons (Fsp3) is 0.944. The Labute approximate surface area is 144 Å². The average molecular weight is 336 g/mol. The summed E-state index contributed by atoms with van der Waals surface area (Å²) >= 11 is 0. The van der Waals surface area contributed by atoms with E-state index in [0.29, 0.717) is 6.42 Å². The monoisotopic (exact) mass is 335 g/mol. The number of ether oxygens (including phenoxy) is 1. The van der Waals surface area contributed by atoms with E-state index in [1.165, 1.54) is 84.2 Å². The van der Waals surface area contributed by atoms with Gasteiger partial charge in [-0.05, 0) is 19.4 Å². The largest absolute Gasteiger partial charge is 0.469 e. The van der Waals surface area contributed by atoms with E-state index in [4.69, 9.17) is 5.73 Å². The van der Waals surface area contributed by atoms with Crippen molar-refractivity contribution in [2.24, 2.45) is 5.73 Å². The van der Waals surface area contributed by atoms with Gasteiger partial charge in [0.1, 0.15) is 0 Å². The highest BCUT2D eigenvalue weighted by Gasteiger charge is 1.99. The second-order valence-electron chi connectivity index (χ2n) is 6.06. The number of nitrogens with two attached hydrogens (primary N) is 1. The molecule has 4 heteroatoms. The summed E-state index contributed by atoms with van der Waals surface area (Å²) < 4.78 is 4.62. The molecule has 0 aromatic carbocycles. The van der Waals surface area contributed by atoms with Crippen molar-refractivity contribution in [3.8, 4) is 0 Å². The average Bonchev–Trinajstić information content (AvgIpc) is 2.50. The summed E-state index contributed by atoms with van der Waals surface area (Å²) in [5.74, 6) is -0.0713. The molecule has 0 rings (SSSR count). The molecule has 0 radical (unpaired) electrons. The van der Waals surface area contributed by atoms with E-state index in [9.17, 15) is 4.79 Å². The summed E-state index contributed by atoms with van der Waals surface area (Å²) in [6, 6.07) is 0. The smallest absolute Gasteiger partial charge is 0.305 e. The molecule has 0 aromatic rings. The third-order valence-corrected chi connectivity index (χ3v) is 4.06. The number of methoxy groups -OCH3 is 1. The van der Waals surface area contributed by atoms with Crippen LogP contribution in [0.3, 0.4) is 0 Å². The van der Waals surface area contributed by atoms with Crippen molar-refractivity contribution in [2.75, 3.05) is 13.7 Å². The molecule has 134 valence electrons. The zero-order chi connectivity index (χ0) is 15.6. The Balaban J connectivity index is 0. The van der Waals surface area contributed by atoms with Crippen LogP contribution >= 0.6 is 12.4 Å². The maximum absolute atomic E-state index is 10.9. The van der Waals surface area contributed by atoms with Crippen molar-refractivity contribution < 1.29 is 9.53 Å². The Bertz CT molecular complexity index is 225. The van der Waals surface area contributed by atoms with Crippen LogP contribution in [-0.4, -0.2) is 19.6 Å². The van der Waals surface area contributed by atoms with Crippen LogP contribution in [0.5, 0.6) is 0 Å². The molecule has 0 heterocycles. The lowest BCUT2D eigenvalue weighted by atomic mass is 10.0. The SMILES string of the molecule is COC(=O)CCCCCCCCCCCCCCCCN.Cl. The maximum Gasteiger partial charge on any atom is 0.305 e. The van der Waals surface area contributed by atoms with Gasteiger partial charge in [-0.15, -0.1) is 12.4 Å². The van der Waals surface area contributed by atoms with Crippen LogP contribution in [-0.2, 0) is 9.53 Å². The molecule has 0 aliphatic carbocycles. The van der Waals surface area contributed by atoms with Crippen molar-refractivity contribution in [1.82, 2.24) is 0 Å². The molecule has 0 amide bonds. The number of carbonyl (C=O) groups excluding carboxylic acids is 1. The first-order valence-corrected chi connectivity index (χ1v) is 9.08. The Morgan fingerprint density at radius 1 is 0.682 bits per heavy atom. The third kappa shape index (κ3) is 19.7. The minimum Gasteiger partial charge on any atom is -0.469 e. The van der Waals surface area contributed by atoms with Crippen LogP contribution in [0, 0.1) is 0 Å². The summed E-state index contributed by atoms with van der Waals surface area (Å²) in [7, 11) is 1.46. The highest BCUT2D eigenvalue weighted by molar-refractivity contribution is 5.85. The highest BCUT2D eigenvalue weighted by atomic mass is 35.5. The normalized spacial score (nSPS) is 10.3. The van der Waals surface area contributed by atoms with Crippen molar-refractivity contribution >= 4 is 18.4 Å². The third-order valence-electron chi connectivity index (χ3n) is 4.06. The molecule has 0 fully saturated rings. The number of unbranched alkanes of at least 4 members (excludes halogenated alkanes) is 13. The second-order valence-corrected chi connectivity index (χ2v) is 6.06. The Morgan fingerprint density at radius 3 is 1.32 bits per heavy atom. The van der Waals surface area contributed by atoms with Gasteiger partial charge in [0.15, 0.2) is 0 Å². The Kier molecular flexibility index (Phi) is 22.6. The van der Waals surface area contributed by atoms with Gasteiger partial charge in [0, 0.05) is 6.42 Å². The van der Waals surface area contributed by atoms with Crippen molar-refractivity contribution in [2.45, 2.75) is 96.3 Å². The van der Waals surface area contributed by atoms with Crippen LogP contribution in [0.25, 0.3) is 0 Å². The van der Waals surface area contributed by atoms with Crippen molar-refractivity contribution in [1.29, 1.82) is 0 Å². The molecule has 2 N–H and O–H groups in total. The topological polar surface area (TPSA) is 52.3 Å². The van der Waals surface area contributed by atoms with Gasteiger partial charge in [-0.2, -0.15) is 0 Å². The van der Waals surface area contributed by atoms with E-state index in [2.05, 4.69) is 4.74 Å². The second kappa shape index (κ2) is 20.7. The molecule has 0 spiro atoms. The predicted molar refractivity (Wildman–Crippen MR) is 97.6 cm³/mol. The van der Waals surface area contributed by atoms with Crippen LogP contribution < -0.4 is 5.73 Å². The molecule has 0 unspecified atom stereocenters. The number of hydrogen-bond acceptors (Lipinski definition) is 3. The van der Waals surface area contributed by atoms with Gasteiger partial charge in [-0.1, -0.05) is 77.0 Å². The van der Waals surface area contributed by atoms with Gasteiger partial charge in [0.2, 0.25) is 0 Å². The first kappa shape index (κ1) is 24.0. The summed E-state index contributed by atoms with van der Waals surface area (Å²) in [5.41, 5.74) is 5.47. The molecule has 0 aliphatic heterocycles. The van der Waals surface area contributed by atoms with E-state index >= 15 is 0 Å². The predicted octanol–water partition coefficient (Wildman–Crippen LogP) is 5.39. The van der Waals surface area contributed by atoms with Crippen LogP contribution in [0.4, 0.5) is 0 Å². The molecular formula is C18H38ClNO2. The molecule has 0 aliphatic rings. The van der Waals surface area contributed by atoms with Crippen molar-refractivity contribution in [3.05, 3.63) is 0 Å². The van der Waals surface area contributed by atoms with E-state index in [-0.39, 0.29) is 18.4 Å². The fourth-order valence-electron chi connectivity index (χ4n) is 2.64. The Hall–Kier alpha value is -0.280. The van der Waals surface area contributed by atoms with Gasteiger partial charge < -0.3 is 10.5 Å². The molecular weight excluding hydrogens is 298 g/mol. The molecule has 0 bridgehead atoms. The summed E-state index contributed by atoms with van der Waals surface area (Å²) in [4.78, 5) is 10.9. The van der Waals surface area contributed by atoms with Gasteiger partial charge in [0.05, 0.1) is 7.11 Å². The number of rotatable bonds is 16. The minimum absolute atomic E-state index is 0. The Morgan fingerprint density at radius 2 is 1.00 bits per heavy atom. The van der Waals surface area contributed by atoms with Gasteiger partial charge in [-0.3, -0.25) is 4.79 Å². The number of halogens is 1. The lowest BCUT2D eigenvalue weighted by molar-refractivity contribution is -0.140. The van der Waals surface area contributed by atoms with E-state index in [1.807, 2.05) is 0 Å². The van der Waals surface area contributed by atoms with E-state index in [1.54, 1.807) is 0 Å². The minimum atomic E-state index is -0.0713. The van der Waals surface area contributed by atoms with Gasteiger partial charge in [-0.25, -0.2) is 0 Å². The lowest BCUT2D eigenvalue weighted by Crippen LogP contribution is -1.99. The summed E-state index contributed by atoms with van der Waals surface area (Å²) in [6.45, 7) is 0.850. The van der Waals surface area contributed by atoms with E-state index < -0.39 is 0 Å². The molecule has 3 nitrogen and oxygen atoms in total. The number of hydrogen-bond donors (Lipinski definition) is 1. The lowest BCUT2D eigenvalue weighted by Gasteiger charge is -2.03. The van der Waals surface area contributed by atoms with Gasteiger partial charge >= 0.3 is 5.97 Å². The molecule has 0 atom stereocenters. The molecule has 0 saturated carbocycles. The number of esters is 1. The van der Waals surface area contributed by atoms with Crippen molar-refractivity contribution in [3.63, 3.8) is 0 Å². The molecule has 22 heavy (non-hydrogen) atoms. The summed E-state index contributed by atoms with van der Waals surface area (Å²) in [6.07, 6.45) is 18.9. The first-order valence-electron chi connectivity index (χ1n) is 9.08. The maximum atomic E-state index is 10.9. The standard InChI is InChI=1S/C18H37NO2.ClH/c1-21-18(20)16-14-12-10-8-6-4-2-3-5-7-9-11-13-15-17-19;/h2-17,19H2,1H3;1H. The quantitative estimate of drug-likeness (QED) is 0.304. The summed E-state index contributed by atoms with van der Waals surface area (Å²) in [5, 5.41) is 0. The highest BCUT2D eigenvalue weighted by Crippen LogP contribution is 2.13. The molecule has 0 aromatic heterocycles. The fourth-order valence-corrected chi connectivity index (χ4v) is 2.64. The van der Waals surface area contributed by atoms with Crippen LogP contribution in [0.2, 0.25) is 0 Å². The van der Waals surface area contributed by atoms with Crippen LogP contribution in [0.15, 0.2) is 0 Å². The van der Waals surface area contributed by atoms with Crippen LogP contribution in [0.1, 0.15) is 96.3 Å². The van der Waals surface area contributed by atoms with Gasteiger partial charge in [0.25, 0.3) is 0 Å². The zero-order valence-electron chi connectivity index (χ0n) is 14.6.